The largest absolute Gasteiger partial charge is 0.310 e. The summed E-state index contributed by atoms with van der Waals surface area (Å²) in [7, 11) is 5.60. The van der Waals surface area contributed by atoms with Crippen LogP contribution in [0.15, 0.2) is 72.8 Å². The van der Waals surface area contributed by atoms with Gasteiger partial charge in [-0.1, -0.05) is 60.7 Å². The van der Waals surface area contributed by atoms with E-state index in [0.717, 1.165) is 70.2 Å². The number of hydrogen-bond donors (Lipinski definition) is 0. The summed E-state index contributed by atoms with van der Waals surface area (Å²) in [5.74, 6) is 0. The second kappa shape index (κ2) is 9.99. The third-order valence-corrected chi connectivity index (χ3v) is 15.2. The minimum Gasteiger partial charge on any atom is -0.301 e. The molecule has 0 unspecified atom stereocenters. The quantitative estimate of drug-likeness (QED) is 0.250. The molecule has 0 amide bonds. The van der Waals surface area contributed by atoms with Crippen LogP contribution in [0.4, 0.5) is 11.4 Å². The topological polar surface area (TPSA) is 53.6 Å². The van der Waals surface area contributed by atoms with Gasteiger partial charge in [0.1, 0.15) is 0 Å². The van der Waals surface area contributed by atoms with Gasteiger partial charge in [0.2, 0.25) is 0 Å². The first-order chi connectivity index (χ1) is 19.1. The lowest BCUT2D eigenvalue weighted by Gasteiger charge is -2.38. The van der Waals surface area contributed by atoms with Crippen molar-refractivity contribution in [3.05, 3.63) is 72.8 Å². The van der Waals surface area contributed by atoms with E-state index >= 15 is 0 Å². The Bertz CT molecular complexity index is 1560. The number of likely N-dealkylation sites (N-methyl/N-ethyl adjacent to an activating group) is 4. The highest BCUT2D eigenvalue weighted by Gasteiger charge is 2.45. The van der Waals surface area contributed by atoms with Gasteiger partial charge in [0.05, 0.1) is 11.4 Å². The van der Waals surface area contributed by atoms with E-state index in [1.807, 2.05) is 82.4 Å². The van der Waals surface area contributed by atoms with E-state index in [0.29, 0.717) is 0 Å². The predicted molar refractivity (Wildman–Crippen MR) is 169 cm³/mol. The van der Waals surface area contributed by atoms with Crippen LogP contribution in [0.3, 0.4) is 0 Å². The maximum Gasteiger partial charge on any atom is 0.310 e. The Labute approximate surface area is 237 Å². The highest BCUT2D eigenvalue weighted by molar-refractivity contribution is 7.61. The van der Waals surface area contributed by atoms with E-state index in [1.165, 1.54) is 0 Å². The zero-order valence-electron chi connectivity index (χ0n) is 24.2. The molecule has 0 atom stereocenters. The van der Waals surface area contributed by atoms with Gasteiger partial charge in [0, 0.05) is 51.4 Å². The van der Waals surface area contributed by atoms with Crippen LogP contribution in [0.25, 0.3) is 32.7 Å². The smallest absolute Gasteiger partial charge is 0.301 e. The second-order valence-corrected chi connectivity index (χ2v) is 16.9. The molecule has 10 heteroatoms. The van der Waals surface area contributed by atoms with Gasteiger partial charge in [-0.15, -0.1) is 0 Å². The molecule has 2 saturated heterocycles. The summed E-state index contributed by atoms with van der Waals surface area (Å²) in [5.41, 5.74) is 3.78. The molecule has 0 aliphatic carbocycles. The third-order valence-electron chi connectivity index (χ3n) is 8.82. The molecule has 0 aromatic heterocycles. The van der Waals surface area contributed by atoms with E-state index in [2.05, 4.69) is 60.7 Å². The molecule has 0 bridgehead atoms. The first-order valence-electron chi connectivity index (χ1n) is 13.7. The first kappa shape index (κ1) is 27.5. The Morgan fingerprint density at radius 2 is 0.850 bits per heavy atom. The molecule has 4 aromatic carbocycles. The fourth-order valence-corrected chi connectivity index (χ4v) is 11.6. The minimum absolute atomic E-state index is 0.741. The Morgan fingerprint density at radius 1 is 0.525 bits per heavy atom. The maximum absolute atomic E-state index is 14.6. The molecule has 2 fully saturated rings. The van der Waals surface area contributed by atoms with E-state index in [4.69, 9.17) is 0 Å². The fourth-order valence-electron chi connectivity index (χ4n) is 6.40. The number of rotatable bonds is 5. The lowest BCUT2D eigenvalue weighted by Crippen LogP contribution is -2.29. The van der Waals surface area contributed by atoms with Crippen molar-refractivity contribution >= 4 is 48.1 Å². The van der Waals surface area contributed by atoms with Crippen LogP contribution in [0.1, 0.15) is 0 Å². The Hall–Kier alpha value is -2.70. The molecular weight excluding hydrogens is 538 g/mol. The zero-order valence-corrected chi connectivity index (χ0v) is 25.9. The highest BCUT2D eigenvalue weighted by atomic mass is 31.2. The van der Waals surface area contributed by atoms with Crippen LogP contribution in [-0.4, -0.2) is 87.1 Å². The molecule has 0 radical (unpaired) electrons. The van der Waals surface area contributed by atoms with Gasteiger partial charge in [0.25, 0.3) is 0 Å². The minimum atomic E-state index is -3.03. The van der Waals surface area contributed by atoms with Crippen LogP contribution < -0.4 is 9.34 Å². The summed E-state index contributed by atoms with van der Waals surface area (Å²) in [6, 6.07) is 25.1. The summed E-state index contributed by atoms with van der Waals surface area (Å²) in [4.78, 5) is 0. The molecule has 210 valence electrons. The molecule has 0 N–H and O–H groups in total. The maximum atomic E-state index is 14.6. The summed E-state index contributed by atoms with van der Waals surface area (Å²) in [5, 5.41) is 4.34. The average molecular weight is 577 g/mol. The van der Waals surface area contributed by atoms with Crippen LogP contribution in [0.2, 0.25) is 0 Å². The number of nitrogens with zero attached hydrogens (tertiary/aromatic N) is 6. The van der Waals surface area contributed by atoms with Gasteiger partial charge in [-0.05, 0) is 61.9 Å². The molecular formula is C30H38N6O2P2. The molecule has 0 saturated carbocycles. The normalized spacial score (nSPS) is 20.1. The Kier molecular flexibility index (Phi) is 6.86. The molecule has 2 heterocycles. The van der Waals surface area contributed by atoms with E-state index in [1.54, 1.807) is 0 Å². The van der Waals surface area contributed by atoms with Crippen molar-refractivity contribution in [2.75, 3.05) is 77.8 Å². The molecule has 8 nitrogen and oxygen atoms in total. The molecule has 2 aliphatic rings. The number of benzene rings is 4. The van der Waals surface area contributed by atoms with Crippen LogP contribution in [0.5, 0.6) is 0 Å². The predicted octanol–water partition coefficient (Wildman–Crippen LogP) is 6.50. The summed E-state index contributed by atoms with van der Waals surface area (Å²) in [6.45, 7) is 2.96. The van der Waals surface area contributed by atoms with E-state index in [-0.39, 0.29) is 0 Å². The second-order valence-electron chi connectivity index (χ2n) is 11.0. The van der Waals surface area contributed by atoms with Crippen molar-refractivity contribution in [1.29, 1.82) is 0 Å². The van der Waals surface area contributed by atoms with Crippen molar-refractivity contribution in [1.82, 2.24) is 18.7 Å². The molecule has 0 spiro atoms. The van der Waals surface area contributed by atoms with E-state index in [9.17, 15) is 9.13 Å². The lowest BCUT2D eigenvalue weighted by molar-refractivity contribution is 0.486. The van der Waals surface area contributed by atoms with Crippen LogP contribution >= 0.6 is 15.2 Å². The van der Waals surface area contributed by atoms with Crippen molar-refractivity contribution in [3.63, 3.8) is 0 Å². The molecule has 2 aliphatic heterocycles. The molecule has 4 aromatic rings. The summed E-state index contributed by atoms with van der Waals surface area (Å²) in [6.07, 6.45) is 0. The first-order valence-corrected chi connectivity index (χ1v) is 16.8. The van der Waals surface area contributed by atoms with E-state index < -0.39 is 15.2 Å². The summed E-state index contributed by atoms with van der Waals surface area (Å²) < 4.78 is 41.1. The van der Waals surface area contributed by atoms with Crippen LogP contribution in [-0.2, 0) is 9.13 Å². The van der Waals surface area contributed by atoms with Gasteiger partial charge < -0.3 is 9.34 Å². The molecule has 40 heavy (non-hydrogen) atoms. The van der Waals surface area contributed by atoms with Gasteiger partial charge in [-0.3, -0.25) is 9.13 Å². The monoisotopic (exact) mass is 576 g/mol. The standard InChI is InChI=1S/C30H38N6O2P2/c1-31-19-20-32(2)39(31,37)35(5)27-17-15-23-11-7-9-13-25(23)29(27)30-26-14-10-8-12-24(26)16-18-28(30)36(6)40(38)33(3)21-22-34(40)4/h7-18H,19-22H2,1-6H3. The van der Waals surface area contributed by atoms with Crippen molar-refractivity contribution in [2.45, 2.75) is 0 Å². The molecule has 6 rings (SSSR count). The van der Waals surface area contributed by atoms with Gasteiger partial charge in [-0.25, -0.2) is 18.7 Å². The Morgan fingerprint density at radius 3 is 1.20 bits per heavy atom. The Balaban J connectivity index is 1.71. The average Bonchev–Trinajstić information content (AvgIpc) is 3.40. The number of hydrogen-bond acceptors (Lipinski definition) is 2. The lowest BCUT2D eigenvalue weighted by atomic mass is 9.91. The van der Waals surface area contributed by atoms with Crippen molar-refractivity contribution < 1.29 is 9.13 Å². The number of fused-ring (bicyclic) bond motifs is 2. The SMILES string of the molecule is CN1CCN(C)P1(=O)N(C)c1ccc2ccccc2c1-c1c(N(C)P2(=O)N(C)CCN2C)ccc2ccccc12. The third kappa shape index (κ3) is 3.89. The van der Waals surface area contributed by atoms with Crippen LogP contribution in [0, 0.1) is 0 Å². The van der Waals surface area contributed by atoms with Gasteiger partial charge in [0.15, 0.2) is 0 Å². The zero-order chi connectivity index (χ0) is 28.4. The number of anilines is 2. The van der Waals surface area contributed by atoms with Gasteiger partial charge >= 0.3 is 15.2 Å². The fraction of sp³-hybridized carbons (Fsp3) is 0.333. The van der Waals surface area contributed by atoms with Crippen molar-refractivity contribution in [2.24, 2.45) is 0 Å². The van der Waals surface area contributed by atoms with Gasteiger partial charge in [-0.2, -0.15) is 0 Å². The van der Waals surface area contributed by atoms with Crippen molar-refractivity contribution in [3.8, 4) is 11.1 Å². The highest BCUT2D eigenvalue weighted by Crippen LogP contribution is 2.63. The summed E-state index contributed by atoms with van der Waals surface area (Å²) >= 11 is 0.